The first kappa shape index (κ1) is 20.0. The Morgan fingerprint density at radius 2 is 1.79 bits per heavy atom. The second-order valence-electron chi connectivity index (χ2n) is 6.65. The minimum Gasteiger partial charge on any atom is -0.468 e. The van der Waals surface area contributed by atoms with E-state index in [1.54, 1.807) is 20.8 Å². The van der Waals surface area contributed by atoms with E-state index in [2.05, 4.69) is 34.9 Å². The van der Waals surface area contributed by atoms with Crippen LogP contribution in [0.15, 0.2) is 24.3 Å². The molecule has 0 aliphatic carbocycles. The number of hydrogen-bond donors (Lipinski definition) is 2. The minimum absolute atomic E-state index is 0.107. The fourth-order valence-corrected chi connectivity index (χ4v) is 2.03. The molecule has 0 heterocycles. The van der Waals surface area contributed by atoms with Gasteiger partial charge in [0.05, 0.1) is 7.11 Å². The summed E-state index contributed by atoms with van der Waals surface area (Å²) >= 11 is 0. The van der Waals surface area contributed by atoms with Crippen molar-refractivity contribution in [1.29, 1.82) is 0 Å². The number of carbonyl (C=O) groups excluding carboxylic acids is 2. The van der Waals surface area contributed by atoms with Crippen molar-refractivity contribution in [3.63, 3.8) is 0 Å². The third kappa shape index (κ3) is 7.97. The summed E-state index contributed by atoms with van der Waals surface area (Å²) < 4.78 is 9.93. The fourth-order valence-electron chi connectivity index (χ4n) is 2.03. The van der Waals surface area contributed by atoms with Gasteiger partial charge >= 0.3 is 12.1 Å². The molecule has 1 unspecified atom stereocenters. The van der Waals surface area contributed by atoms with Crippen LogP contribution in [0, 0.1) is 6.92 Å². The smallest absolute Gasteiger partial charge is 0.407 e. The zero-order chi connectivity index (χ0) is 18.2. The monoisotopic (exact) mass is 336 g/mol. The van der Waals surface area contributed by atoms with Gasteiger partial charge in [-0.25, -0.2) is 4.79 Å². The van der Waals surface area contributed by atoms with Gasteiger partial charge in [0.2, 0.25) is 0 Å². The van der Waals surface area contributed by atoms with Gasteiger partial charge in [0.1, 0.15) is 11.6 Å². The predicted molar refractivity (Wildman–Crippen MR) is 92.9 cm³/mol. The largest absolute Gasteiger partial charge is 0.468 e. The van der Waals surface area contributed by atoms with Crippen molar-refractivity contribution in [2.24, 2.45) is 0 Å². The third-order valence-electron chi connectivity index (χ3n) is 3.26. The number of amides is 1. The zero-order valence-electron chi connectivity index (χ0n) is 15.1. The highest BCUT2D eigenvalue weighted by atomic mass is 16.6. The average Bonchev–Trinajstić information content (AvgIpc) is 2.50. The molecule has 1 aromatic carbocycles. The van der Waals surface area contributed by atoms with E-state index in [1.807, 2.05) is 6.92 Å². The Balaban J connectivity index is 2.46. The molecule has 0 radical (unpaired) electrons. The lowest BCUT2D eigenvalue weighted by Gasteiger charge is -2.21. The van der Waals surface area contributed by atoms with E-state index >= 15 is 0 Å². The first-order valence-electron chi connectivity index (χ1n) is 8.05. The van der Waals surface area contributed by atoms with Gasteiger partial charge in [0, 0.05) is 13.1 Å². The Morgan fingerprint density at radius 1 is 1.17 bits per heavy atom. The van der Waals surface area contributed by atoms with Gasteiger partial charge < -0.3 is 20.1 Å². The number of hydrogen-bond acceptors (Lipinski definition) is 5. The zero-order valence-corrected chi connectivity index (χ0v) is 15.1. The number of nitrogens with one attached hydrogen (secondary N) is 2. The van der Waals surface area contributed by atoms with Crippen LogP contribution < -0.4 is 10.6 Å². The van der Waals surface area contributed by atoms with Crippen LogP contribution >= 0.6 is 0 Å². The lowest BCUT2D eigenvalue weighted by Crippen LogP contribution is -2.48. The molecule has 2 N–H and O–H groups in total. The highest BCUT2D eigenvalue weighted by Crippen LogP contribution is 2.06. The number of alkyl carbamates (subject to hydrolysis) is 1. The molecule has 0 saturated carbocycles. The van der Waals surface area contributed by atoms with Crippen molar-refractivity contribution >= 4 is 12.1 Å². The number of carbonyl (C=O) groups is 2. The van der Waals surface area contributed by atoms with Crippen LogP contribution in [0.5, 0.6) is 0 Å². The normalized spacial score (nSPS) is 12.4. The van der Waals surface area contributed by atoms with Gasteiger partial charge in [0.15, 0.2) is 0 Å². The van der Waals surface area contributed by atoms with Crippen LogP contribution in [0.3, 0.4) is 0 Å². The lowest BCUT2D eigenvalue weighted by molar-refractivity contribution is -0.142. The molecular formula is C18H28N2O4. The van der Waals surface area contributed by atoms with Crippen molar-refractivity contribution in [2.75, 3.05) is 20.2 Å². The van der Waals surface area contributed by atoms with Crippen LogP contribution in [0.4, 0.5) is 4.79 Å². The van der Waals surface area contributed by atoms with Gasteiger partial charge in [-0.2, -0.15) is 0 Å². The standard InChI is InChI=1S/C18H28N2O4/c1-13-6-8-14(9-7-13)10-11-19-15(16(21)23-5)12-20-17(22)24-18(2,3)4/h6-9,15,19H,10-12H2,1-5H3,(H,20,22). The van der Waals surface area contributed by atoms with E-state index in [4.69, 9.17) is 9.47 Å². The van der Waals surface area contributed by atoms with Crippen LogP contribution in [0.2, 0.25) is 0 Å². The summed E-state index contributed by atoms with van der Waals surface area (Å²) in [4.78, 5) is 23.5. The maximum Gasteiger partial charge on any atom is 0.407 e. The van der Waals surface area contributed by atoms with Crippen molar-refractivity contribution in [2.45, 2.75) is 45.8 Å². The molecule has 0 aliphatic rings. The van der Waals surface area contributed by atoms with Crippen LogP contribution in [0.1, 0.15) is 31.9 Å². The number of rotatable bonds is 7. The molecule has 1 aromatic rings. The van der Waals surface area contributed by atoms with E-state index < -0.39 is 23.7 Å². The summed E-state index contributed by atoms with van der Waals surface area (Å²) in [5.74, 6) is -0.421. The van der Waals surface area contributed by atoms with E-state index in [1.165, 1.54) is 18.2 Å². The van der Waals surface area contributed by atoms with Gasteiger partial charge in [-0.3, -0.25) is 4.79 Å². The van der Waals surface area contributed by atoms with E-state index in [0.29, 0.717) is 6.54 Å². The summed E-state index contributed by atoms with van der Waals surface area (Å²) in [6.45, 7) is 8.09. The fraction of sp³-hybridized carbons (Fsp3) is 0.556. The minimum atomic E-state index is -0.618. The third-order valence-corrected chi connectivity index (χ3v) is 3.26. The van der Waals surface area contributed by atoms with Gasteiger partial charge in [-0.05, 0) is 39.7 Å². The molecule has 1 rings (SSSR count). The topological polar surface area (TPSA) is 76.7 Å². The summed E-state index contributed by atoms with van der Waals surface area (Å²) in [5.41, 5.74) is 1.81. The first-order valence-corrected chi connectivity index (χ1v) is 8.05. The number of aryl methyl sites for hydroxylation is 1. The molecule has 134 valence electrons. The van der Waals surface area contributed by atoms with Crippen molar-refractivity contribution < 1.29 is 19.1 Å². The second-order valence-corrected chi connectivity index (χ2v) is 6.65. The van der Waals surface area contributed by atoms with E-state index in [9.17, 15) is 9.59 Å². The lowest BCUT2D eigenvalue weighted by atomic mass is 10.1. The summed E-state index contributed by atoms with van der Waals surface area (Å²) in [7, 11) is 1.32. The predicted octanol–water partition coefficient (Wildman–Crippen LogP) is 2.19. The molecule has 1 atom stereocenters. The van der Waals surface area contributed by atoms with Crippen molar-refractivity contribution in [3.05, 3.63) is 35.4 Å². The molecule has 0 spiro atoms. The molecule has 0 saturated heterocycles. The molecule has 0 aromatic heterocycles. The van der Waals surface area contributed by atoms with Gasteiger partial charge in [-0.15, -0.1) is 0 Å². The Hall–Kier alpha value is -2.08. The Labute approximate surface area is 143 Å². The number of methoxy groups -OCH3 is 1. The second kappa shape index (κ2) is 9.27. The van der Waals surface area contributed by atoms with Crippen LogP contribution in [-0.4, -0.2) is 43.9 Å². The quantitative estimate of drug-likeness (QED) is 0.747. The van der Waals surface area contributed by atoms with Crippen molar-refractivity contribution in [1.82, 2.24) is 10.6 Å². The Kier molecular flexibility index (Phi) is 7.71. The first-order chi connectivity index (χ1) is 11.2. The molecule has 6 heteroatoms. The maximum absolute atomic E-state index is 11.8. The molecule has 24 heavy (non-hydrogen) atoms. The molecule has 1 amide bonds. The van der Waals surface area contributed by atoms with Crippen molar-refractivity contribution in [3.8, 4) is 0 Å². The number of esters is 1. The van der Waals surface area contributed by atoms with E-state index in [-0.39, 0.29) is 6.54 Å². The van der Waals surface area contributed by atoms with E-state index in [0.717, 1.165) is 6.42 Å². The SMILES string of the molecule is COC(=O)C(CNC(=O)OC(C)(C)C)NCCc1ccc(C)cc1. The summed E-state index contributed by atoms with van der Waals surface area (Å²) in [6.07, 6.45) is 0.219. The Bertz CT molecular complexity index is 535. The maximum atomic E-state index is 11.8. The molecule has 6 nitrogen and oxygen atoms in total. The Morgan fingerprint density at radius 3 is 2.33 bits per heavy atom. The molecule has 0 fully saturated rings. The molecular weight excluding hydrogens is 308 g/mol. The summed E-state index contributed by atoms with van der Waals surface area (Å²) in [5, 5.41) is 5.69. The highest BCUT2D eigenvalue weighted by Gasteiger charge is 2.21. The van der Waals surface area contributed by atoms with Crippen LogP contribution in [0.25, 0.3) is 0 Å². The number of benzene rings is 1. The summed E-state index contributed by atoms with van der Waals surface area (Å²) in [6, 6.07) is 7.61. The number of ether oxygens (including phenoxy) is 2. The highest BCUT2D eigenvalue weighted by molar-refractivity contribution is 5.77. The van der Waals surface area contributed by atoms with Gasteiger partial charge in [0.25, 0.3) is 0 Å². The van der Waals surface area contributed by atoms with Gasteiger partial charge in [-0.1, -0.05) is 29.8 Å². The average molecular weight is 336 g/mol. The molecule has 0 aliphatic heterocycles. The van der Waals surface area contributed by atoms with Crippen LogP contribution in [-0.2, 0) is 20.7 Å². The molecule has 0 bridgehead atoms.